The highest BCUT2D eigenvalue weighted by Crippen LogP contribution is 2.36. The van der Waals surface area contributed by atoms with Gasteiger partial charge in [0.05, 0.1) is 0 Å². The molecule has 0 saturated heterocycles. The molecule has 0 radical (unpaired) electrons. The number of hydrogen-bond donors (Lipinski definition) is 1. The molecule has 0 spiro atoms. The van der Waals surface area contributed by atoms with Crippen molar-refractivity contribution in [1.29, 1.82) is 0 Å². The Kier molecular flexibility index (Phi) is 3.34. The second kappa shape index (κ2) is 4.12. The Morgan fingerprint density at radius 3 is 2.38 bits per heavy atom. The Balaban J connectivity index is 0.000000845. The topological polar surface area (TPSA) is 26.0 Å². The lowest BCUT2D eigenvalue weighted by Crippen LogP contribution is -2.34. The molecular weight excluding hydrogens is 182 g/mol. The predicted molar refractivity (Wildman–Crippen MR) is 58.4 cm³/mol. The molecule has 1 aromatic rings. The van der Waals surface area contributed by atoms with Gasteiger partial charge in [-0.25, -0.2) is 0 Å². The van der Waals surface area contributed by atoms with Gasteiger partial charge in [0.25, 0.3) is 0 Å². The number of halogens is 1. The molecule has 0 atom stereocenters. The zero-order valence-corrected chi connectivity index (χ0v) is 8.68. The molecule has 0 heterocycles. The van der Waals surface area contributed by atoms with Crippen LogP contribution in [-0.2, 0) is 0 Å². The fourth-order valence-electron chi connectivity index (χ4n) is 1.96. The molecule has 0 unspecified atom stereocenters. The van der Waals surface area contributed by atoms with Crippen LogP contribution < -0.4 is 5.73 Å². The first-order chi connectivity index (χ1) is 5.77. The minimum Gasteiger partial charge on any atom is -0.328 e. The third-order valence-corrected chi connectivity index (χ3v) is 2.80. The van der Waals surface area contributed by atoms with E-state index in [-0.39, 0.29) is 12.4 Å². The highest BCUT2D eigenvalue weighted by atomic mass is 35.5. The maximum atomic E-state index is 5.76. The van der Waals surface area contributed by atoms with E-state index < -0.39 is 0 Å². The monoisotopic (exact) mass is 197 g/mol. The fraction of sp³-hybridized carbons (Fsp3) is 0.455. The van der Waals surface area contributed by atoms with Crippen LogP contribution in [0.5, 0.6) is 0 Å². The highest BCUT2D eigenvalue weighted by molar-refractivity contribution is 5.85. The van der Waals surface area contributed by atoms with E-state index in [4.69, 9.17) is 5.73 Å². The Bertz CT molecular complexity index is 279. The normalized spacial score (nSPS) is 26.0. The van der Waals surface area contributed by atoms with Crippen LogP contribution in [0.15, 0.2) is 24.3 Å². The summed E-state index contributed by atoms with van der Waals surface area (Å²) >= 11 is 0. The summed E-state index contributed by atoms with van der Waals surface area (Å²) in [5, 5.41) is 0. The predicted octanol–water partition coefficient (Wildman–Crippen LogP) is 2.62. The average molecular weight is 198 g/mol. The zero-order chi connectivity index (χ0) is 8.55. The highest BCUT2D eigenvalue weighted by Gasteiger charge is 2.27. The lowest BCUT2D eigenvalue weighted by atomic mass is 9.75. The molecule has 1 saturated carbocycles. The van der Waals surface area contributed by atoms with Crippen molar-refractivity contribution in [2.75, 3.05) is 0 Å². The molecule has 0 aliphatic heterocycles. The third-order valence-electron chi connectivity index (χ3n) is 2.80. The Labute approximate surface area is 85.7 Å². The van der Waals surface area contributed by atoms with Gasteiger partial charge in [0.15, 0.2) is 0 Å². The first-order valence-electron chi connectivity index (χ1n) is 4.58. The summed E-state index contributed by atoms with van der Waals surface area (Å²) in [4.78, 5) is 0. The first kappa shape index (κ1) is 10.6. The average Bonchev–Trinajstić information content (AvgIpc) is 2.01. The number of nitrogens with two attached hydrogens (primary N) is 1. The summed E-state index contributed by atoms with van der Waals surface area (Å²) in [6.07, 6.45) is 2.34. The van der Waals surface area contributed by atoms with Gasteiger partial charge in [-0.3, -0.25) is 0 Å². The smallest absolute Gasteiger partial charge is 0.00504 e. The quantitative estimate of drug-likeness (QED) is 0.736. The standard InChI is InChI=1S/C11H15N.ClH/c1-8-4-2-3-5-11(8)9-6-10(12)7-9;/h2-5,9-10H,6-7,12H2,1H3;1H. The van der Waals surface area contributed by atoms with Crippen molar-refractivity contribution in [3.05, 3.63) is 35.4 Å². The minimum atomic E-state index is 0. The number of aryl methyl sites for hydroxylation is 1. The van der Waals surface area contributed by atoms with Gasteiger partial charge in [-0.2, -0.15) is 0 Å². The number of benzene rings is 1. The maximum absolute atomic E-state index is 5.76. The maximum Gasteiger partial charge on any atom is 0.00504 e. The lowest BCUT2D eigenvalue weighted by Gasteiger charge is -2.33. The Morgan fingerprint density at radius 1 is 1.23 bits per heavy atom. The molecule has 0 amide bonds. The van der Waals surface area contributed by atoms with Crippen molar-refractivity contribution in [1.82, 2.24) is 0 Å². The van der Waals surface area contributed by atoms with Crippen LogP contribution in [0.25, 0.3) is 0 Å². The van der Waals surface area contributed by atoms with Gasteiger partial charge in [-0.15, -0.1) is 12.4 Å². The fourth-order valence-corrected chi connectivity index (χ4v) is 1.96. The summed E-state index contributed by atoms with van der Waals surface area (Å²) < 4.78 is 0. The molecule has 1 aromatic carbocycles. The second-order valence-electron chi connectivity index (χ2n) is 3.78. The van der Waals surface area contributed by atoms with Crippen LogP contribution >= 0.6 is 12.4 Å². The molecule has 1 aliphatic carbocycles. The Morgan fingerprint density at radius 2 is 1.85 bits per heavy atom. The van der Waals surface area contributed by atoms with Gasteiger partial charge in [0.2, 0.25) is 0 Å². The van der Waals surface area contributed by atoms with E-state index in [0.29, 0.717) is 6.04 Å². The van der Waals surface area contributed by atoms with Crippen LogP contribution in [0.1, 0.15) is 29.9 Å². The van der Waals surface area contributed by atoms with Crippen LogP contribution in [0.4, 0.5) is 0 Å². The van der Waals surface area contributed by atoms with E-state index in [1.807, 2.05) is 0 Å². The molecule has 2 rings (SSSR count). The van der Waals surface area contributed by atoms with Gasteiger partial charge in [0, 0.05) is 6.04 Å². The molecule has 13 heavy (non-hydrogen) atoms. The van der Waals surface area contributed by atoms with E-state index in [2.05, 4.69) is 31.2 Å². The van der Waals surface area contributed by atoms with Crippen molar-refractivity contribution >= 4 is 12.4 Å². The van der Waals surface area contributed by atoms with E-state index in [9.17, 15) is 0 Å². The largest absolute Gasteiger partial charge is 0.328 e. The van der Waals surface area contributed by atoms with Gasteiger partial charge < -0.3 is 5.73 Å². The van der Waals surface area contributed by atoms with Crippen molar-refractivity contribution < 1.29 is 0 Å². The van der Waals surface area contributed by atoms with Gasteiger partial charge in [-0.1, -0.05) is 24.3 Å². The minimum absolute atomic E-state index is 0. The molecule has 2 heteroatoms. The zero-order valence-electron chi connectivity index (χ0n) is 7.86. The summed E-state index contributed by atoms with van der Waals surface area (Å²) in [5.41, 5.74) is 8.67. The summed E-state index contributed by atoms with van der Waals surface area (Å²) in [5.74, 6) is 0.737. The molecule has 1 aliphatic rings. The van der Waals surface area contributed by atoms with E-state index in [0.717, 1.165) is 5.92 Å². The number of rotatable bonds is 1. The molecule has 0 bridgehead atoms. The molecular formula is C11H16ClN. The Hall–Kier alpha value is -0.530. The summed E-state index contributed by atoms with van der Waals surface area (Å²) in [6, 6.07) is 9.07. The van der Waals surface area contributed by atoms with Crippen LogP contribution in [-0.4, -0.2) is 6.04 Å². The SMILES string of the molecule is Cc1ccccc1C1CC(N)C1.Cl. The van der Waals surface area contributed by atoms with Crippen molar-refractivity contribution in [3.8, 4) is 0 Å². The molecule has 2 N–H and O–H groups in total. The van der Waals surface area contributed by atoms with E-state index in [1.165, 1.54) is 24.0 Å². The summed E-state index contributed by atoms with van der Waals surface area (Å²) in [6.45, 7) is 2.18. The van der Waals surface area contributed by atoms with Gasteiger partial charge in [-0.05, 0) is 36.8 Å². The van der Waals surface area contributed by atoms with Crippen LogP contribution in [0, 0.1) is 6.92 Å². The van der Waals surface area contributed by atoms with Crippen LogP contribution in [0.3, 0.4) is 0 Å². The van der Waals surface area contributed by atoms with Crippen molar-refractivity contribution in [3.63, 3.8) is 0 Å². The number of hydrogen-bond acceptors (Lipinski definition) is 1. The van der Waals surface area contributed by atoms with E-state index in [1.54, 1.807) is 0 Å². The van der Waals surface area contributed by atoms with Gasteiger partial charge in [0.1, 0.15) is 0 Å². The van der Waals surface area contributed by atoms with Crippen LogP contribution in [0.2, 0.25) is 0 Å². The third kappa shape index (κ3) is 2.04. The van der Waals surface area contributed by atoms with Crippen molar-refractivity contribution in [2.24, 2.45) is 5.73 Å². The first-order valence-corrected chi connectivity index (χ1v) is 4.58. The molecule has 72 valence electrons. The molecule has 1 nitrogen and oxygen atoms in total. The van der Waals surface area contributed by atoms with Crippen molar-refractivity contribution in [2.45, 2.75) is 31.7 Å². The lowest BCUT2D eigenvalue weighted by molar-refractivity contribution is 0.350. The molecule has 0 aromatic heterocycles. The van der Waals surface area contributed by atoms with E-state index >= 15 is 0 Å². The van der Waals surface area contributed by atoms with Gasteiger partial charge >= 0.3 is 0 Å². The second-order valence-corrected chi connectivity index (χ2v) is 3.78. The molecule has 1 fully saturated rings. The summed E-state index contributed by atoms with van der Waals surface area (Å²) in [7, 11) is 0.